The summed E-state index contributed by atoms with van der Waals surface area (Å²) in [6.07, 6.45) is -6.23. The summed E-state index contributed by atoms with van der Waals surface area (Å²) in [5.74, 6) is -13.3. The predicted molar refractivity (Wildman–Crippen MR) is 282 cm³/mol. The highest BCUT2D eigenvalue weighted by atomic mass is 16.4. The normalized spacial score (nSPS) is 15.1. The first kappa shape index (κ1) is 71.8. The number of carbonyl (C=O) groups excluding carboxylic acids is 9. The van der Waals surface area contributed by atoms with Gasteiger partial charge in [-0.25, -0.2) is 4.79 Å². The average molecular weight is 1150 g/mol. The molecule has 0 aromatic carbocycles. The Morgan fingerprint density at radius 2 is 0.725 bits per heavy atom. The zero-order valence-electron chi connectivity index (χ0n) is 45.4. The summed E-state index contributed by atoms with van der Waals surface area (Å²) in [6, 6.07) is -14.7. The van der Waals surface area contributed by atoms with E-state index in [9.17, 15) is 78.3 Å². The maximum Gasteiger partial charge on any atom is 0.338 e. The molecule has 0 aliphatic heterocycles. The van der Waals surface area contributed by atoms with E-state index < -0.39 is 164 Å². The second-order valence-electron chi connectivity index (χ2n) is 19.1. The predicted octanol–water partition coefficient (Wildman–Crippen LogP) is -15.4. The molecule has 35 heteroatoms. The van der Waals surface area contributed by atoms with Gasteiger partial charge < -0.3 is 79.5 Å². The first-order chi connectivity index (χ1) is 37.3. The molecule has 0 aromatic heterocycles. The highest BCUT2D eigenvalue weighted by molar-refractivity contribution is 5.98. The number of rotatable bonds is 40. The number of aliphatic hydroxyl groups is 3. The maximum absolute atomic E-state index is 14.3. The summed E-state index contributed by atoms with van der Waals surface area (Å²) in [5.41, 5.74) is 43.8. The summed E-state index contributed by atoms with van der Waals surface area (Å²) < 4.78 is 0. The van der Waals surface area contributed by atoms with Gasteiger partial charge in [0.2, 0.25) is 53.2 Å². The minimum Gasteiger partial charge on any atom is -0.481 e. The molecule has 0 saturated carbocycles. The van der Waals surface area contributed by atoms with Gasteiger partial charge in [-0.2, -0.15) is 0 Å². The molecule has 0 saturated heterocycles. The van der Waals surface area contributed by atoms with Crippen LogP contribution >= 0.6 is 0 Å². The Labute approximate surface area is 460 Å². The lowest BCUT2D eigenvalue weighted by molar-refractivity contribution is -0.460. The van der Waals surface area contributed by atoms with E-state index in [0.29, 0.717) is 0 Å². The second kappa shape index (κ2) is 37.6. The molecule has 0 bridgehead atoms. The Morgan fingerprint density at radius 3 is 1.01 bits per heavy atom. The molecule has 9 amide bonds. The van der Waals surface area contributed by atoms with Crippen LogP contribution in [0.1, 0.15) is 98.3 Å². The second-order valence-corrected chi connectivity index (χ2v) is 19.1. The Kier molecular flexibility index (Phi) is 33.8. The first-order valence-corrected chi connectivity index (χ1v) is 25.5. The third-order valence-corrected chi connectivity index (χ3v) is 11.5. The molecule has 454 valence electrons. The van der Waals surface area contributed by atoms with E-state index in [4.69, 9.17) is 45.9 Å². The fourth-order valence-corrected chi connectivity index (χ4v) is 7.23. The third kappa shape index (κ3) is 30.1. The minimum absolute atomic E-state index is 0.00523. The molecular formula is C45H86N19O16+3. The van der Waals surface area contributed by atoms with E-state index in [-0.39, 0.29) is 88.4 Å². The highest BCUT2D eigenvalue weighted by Gasteiger charge is 2.37. The number of nitrogens with two attached hydrogens (primary N) is 8. The van der Waals surface area contributed by atoms with E-state index in [1.807, 2.05) is 0 Å². The molecule has 80 heavy (non-hydrogen) atoms. The fourth-order valence-electron chi connectivity index (χ4n) is 7.23. The number of carboxylic acid groups (broad SMARTS) is 2. The van der Waals surface area contributed by atoms with Crippen molar-refractivity contribution in [3.8, 4) is 0 Å². The van der Waals surface area contributed by atoms with Gasteiger partial charge in [-0.05, 0) is 77.6 Å². The van der Waals surface area contributed by atoms with Gasteiger partial charge in [0.1, 0.15) is 54.4 Å². The average Bonchev–Trinajstić information content (AvgIpc) is 3.35. The Hall–Kier alpha value is -8.18. The van der Waals surface area contributed by atoms with Crippen LogP contribution in [0.2, 0.25) is 0 Å². The fraction of sp³-hybridized carbons (Fsp3) is 0.689. The van der Waals surface area contributed by atoms with Crippen molar-refractivity contribution in [1.82, 2.24) is 42.5 Å². The summed E-state index contributed by atoms with van der Waals surface area (Å²) in [7, 11) is 0. The van der Waals surface area contributed by atoms with Crippen LogP contribution in [0.15, 0.2) is 0 Å². The van der Waals surface area contributed by atoms with Crippen LogP contribution in [-0.2, 0) is 52.7 Å². The van der Waals surface area contributed by atoms with Crippen molar-refractivity contribution in [2.24, 2.45) is 51.8 Å². The van der Waals surface area contributed by atoms with Crippen LogP contribution in [0.4, 0.5) is 0 Å². The number of hydrogen-bond donors (Lipinski definition) is 24. The molecular weight excluding hydrogens is 1060 g/mol. The van der Waals surface area contributed by atoms with Gasteiger partial charge >= 0.3 is 29.8 Å². The van der Waals surface area contributed by atoms with Crippen molar-refractivity contribution in [1.29, 1.82) is 0 Å². The first-order valence-electron chi connectivity index (χ1n) is 25.5. The number of aliphatic hydroxyl groups excluding tert-OH is 3. The van der Waals surface area contributed by atoms with Gasteiger partial charge in [-0.3, -0.25) is 97.3 Å². The van der Waals surface area contributed by atoms with Crippen molar-refractivity contribution < 1.29 is 93.2 Å². The number of aliphatic carboxylic acids is 2. The van der Waals surface area contributed by atoms with Crippen molar-refractivity contribution in [3.05, 3.63) is 0 Å². The molecule has 0 radical (unpaired) electrons. The van der Waals surface area contributed by atoms with E-state index in [2.05, 4.69) is 57.5 Å². The van der Waals surface area contributed by atoms with Crippen molar-refractivity contribution in [2.45, 2.75) is 165 Å². The van der Waals surface area contributed by atoms with Gasteiger partial charge in [-0.1, -0.05) is 13.8 Å². The Morgan fingerprint density at radius 1 is 0.425 bits per heavy atom. The largest absolute Gasteiger partial charge is 0.481 e. The van der Waals surface area contributed by atoms with Crippen LogP contribution in [-0.4, -0.2) is 201 Å². The summed E-state index contributed by atoms with van der Waals surface area (Å²) in [6.45, 7) is 4.95. The number of primary amides is 1. The summed E-state index contributed by atoms with van der Waals surface area (Å²) in [5, 5.41) is 68.8. The lowest BCUT2D eigenvalue weighted by Crippen LogP contribution is -2.78. The summed E-state index contributed by atoms with van der Waals surface area (Å²) in [4.78, 5) is 153. The lowest BCUT2D eigenvalue weighted by Gasteiger charge is -2.29. The van der Waals surface area contributed by atoms with Crippen molar-refractivity contribution >= 4 is 83.0 Å². The zero-order chi connectivity index (χ0) is 61.4. The topological polar surface area (TPSA) is 635 Å². The molecule has 0 aliphatic carbocycles. The molecule has 0 heterocycles. The quantitative estimate of drug-likeness (QED) is 0.0154. The Balaban J connectivity index is 7.10. The SMILES string of the molecule is CC(C)C[C@H](NC(=O)[C@H](CCC(N)=O)NC(=O)[C@@H](NC(=O)[C@H](CCC(=O)O)NC(=O)[C@H](CCC[NH+]=C(N)N)NC(=O)[C@H](CCC[NH+]=C(N)N)NC(=O)[C@@H](NC(=O)[C@H](CCC[NH+]=C(N)N)NC(=O)[C@@H](N)CO)[C@@H](C)O)[C@@H](C)O)C(=O)O. The Bertz CT molecular complexity index is 2190. The molecule has 35 nitrogen and oxygen atoms in total. The van der Waals surface area contributed by atoms with Gasteiger partial charge in [-0.15, -0.1) is 0 Å². The van der Waals surface area contributed by atoms with E-state index in [1.165, 1.54) is 0 Å². The van der Waals surface area contributed by atoms with Gasteiger partial charge in [0, 0.05) is 12.8 Å². The molecule has 0 unspecified atom stereocenters. The number of carbonyl (C=O) groups is 11. The monoisotopic (exact) mass is 1150 g/mol. The lowest BCUT2D eigenvalue weighted by atomic mass is 10.0. The highest BCUT2D eigenvalue weighted by Crippen LogP contribution is 2.10. The third-order valence-electron chi connectivity index (χ3n) is 11.5. The minimum atomic E-state index is -1.95. The number of carboxylic acids is 2. The van der Waals surface area contributed by atoms with Gasteiger partial charge in [0.05, 0.1) is 38.4 Å². The molecule has 0 spiro atoms. The number of nitrogens with one attached hydrogen (secondary N) is 11. The molecule has 0 aromatic rings. The molecule has 0 rings (SSSR count). The van der Waals surface area contributed by atoms with E-state index >= 15 is 0 Å². The van der Waals surface area contributed by atoms with Gasteiger partial charge in [0.25, 0.3) is 0 Å². The van der Waals surface area contributed by atoms with Crippen molar-refractivity contribution in [2.75, 3.05) is 26.2 Å². The van der Waals surface area contributed by atoms with Crippen LogP contribution in [0.25, 0.3) is 0 Å². The van der Waals surface area contributed by atoms with Gasteiger partial charge in [0.15, 0.2) is 0 Å². The molecule has 32 N–H and O–H groups in total. The van der Waals surface area contributed by atoms with Crippen LogP contribution in [0, 0.1) is 5.92 Å². The van der Waals surface area contributed by atoms with E-state index in [0.717, 1.165) is 13.8 Å². The van der Waals surface area contributed by atoms with E-state index in [1.54, 1.807) is 13.8 Å². The number of guanidine groups is 3. The molecule has 0 fully saturated rings. The van der Waals surface area contributed by atoms with Crippen LogP contribution in [0.3, 0.4) is 0 Å². The maximum atomic E-state index is 14.3. The molecule has 0 aliphatic rings. The van der Waals surface area contributed by atoms with Crippen LogP contribution < -0.4 is 103 Å². The number of amides is 9. The summed E-state index contributed by atoms with van der Waals surface area (Å²) >= 11 is 0. The van der Waals surface area contributed by atoms with Crippen LogP contribution in [0.5, 0.6) is 0 Å². The standard InChI is InChI=1S/C45H83N19O16/c1-20(2)18-29(42(79)80)62-37(74)27(11-13-30(47)68)61-41(78)33(22(4)67)64-39(76)28(12-14-31(69)70)59-35(72)24(8-5-15-54-43(48)49)58-36(73)25(9-6-16-55-44(50)51)60-40(77)32(21(3)66)63-38(75)26(10-7-17-56-45(52)53)57-34(71)23(46)19-65/h20-29,32-33,65-67H,5-19,46H2,1-4H3,(H2,47,68)(H,57,71)(H,58,73)(H,59,72)(H,60,77)(H,61,78)(H,62,74)(H,63,75)(H,64,76)(H,69,70)(H,79,80)(H4,48,49,54)(H4,50,51,55)(H4,52,53,56)/p+3/t21-,22-,23+,24+,25+,26+,27+,28+,29+,32+,33+/m1/s1. The van der Waals surface area contributed by atoms with Crippen molar-refractivity contribution in [3.63, 3.8) is 0 Å². The smallest absolute Gasteiger partial charge is 0.338 e. The number of hydrogen-bond acceptors (Lipinski definition) is 15. The zero-order valence-corrected chi connectivity index (χ0v) is 45.4. The molecule has 11 atom stereocenters.